The number of anilines is 2. The molecule has 0 aliphatic carbocycles. The molecule has 0 bridgehead atoms. The van der Waals surface area contributed by atoms with Crippen molar-refractivity contribution in [2.45, 2.75) is 0 Å². The fourth-order valence-electron chi connectivity index (χ4n) is 2.87. The summed E-state index contributed by atoms with van der Waals surface area (Å²) in [5, 5.41) is 1.19. The maximum absolute atomic E-state index is 12.1. The highest BCUT2D eigenvalue weighted by molar-refractivity contribution is 6.09. The lowest BCUT2D eigenvalue weighted by molar-refractivity contribution is 0.563. The number of rotatable bonds is 1. The molecular weight excluding hydrogens is 308 g/mol. The van der Waals surface area contributed by atoms with Gasteiger partial charge in [0.15, 0.2) is 0 Å². The molecule has 24 heavy (non-hydrogen) atoms. The van der Waals surface area contributed by atoms with Gasteiger partial charge in [0.2, 0.25) is 0 Å². The smallest absolute Gasteiger partial charge is 0.360 e. The van der Waals surface area contributed by atoms with E-state index in [9.17, 15) is 9.59 Å². The van der Waals surface area contributed by atoms with Gasteiger partial charge in [-0.2, -0.15) is 0 Å². The van der Waals surface area contributed by atoms with E-state index in [1.165, 1.54) is 0 Å². The Balaban J connectivity index is 2.31. The molecule has 0 saturated heterocycles. The Labute approximate surface area is 134 Å². The van der Waals surface area contributed by atoms with E-state index in [4.69, 9.17) is 20.3 Å². The molecule has 0 amide bonds. The van der Waals surface area contributed by atoms with Gasteiger partial charge in [0, 0.05) is 21.9 Å². The molecule has 2 heterocycles. The minimum absolute atomic E-state index is 0.101. The number of benzene rings is 2. The zero-order valence-corrected chi connectivity index (χ0v) is 12.4. The molecule has 2 aromatic carbocycles. The quantitative estimate of drug-likeness (QED) is 0.521. The average molecular weight is 320 g/mol. The maximum atomic E-state index is 12.1. The average Bonchev–Trinajstić information content (AvgIpc) is 2.58. The summed E-state index contributed by atoms with van der Waals surface area (Å²) in [6.45, 7) is 0. The van der Waals surface area contributed by atoms with Crippen LogP contribution in [0.2, 0.25) is 0 Å². The van der Waals surface area contributed by atoms with Crippen molar-refractivity contribution >= 4 is 33.3 Å². The van der Waals surface area contributed by atoms with Crippen molar-refractivity contribution in [3.63, 3.8) is 0 Å². The SMILES string of the molecule is Nc1c(-c2c(N)c(=O)oc3ccccc23)c2ccccc2oc1=O. The third-order valence-corrected chi connectivity index (χ3v) is 3.95. The molecule has 6 heteroatoms. The largest absolute Gasteiger partial charge is 0.421 e. The Morgan fingerprint density at radius 2 is 1.00 bits per heavy atom. The third kappa shape index (κ3) is 1.90. The van der Waals surface area contributed by atoms with E-state index in [2.05, 4.69) is 0 Å². The summed E-state index contributed by atoms with van der Waals surface area (Å²) in [6.07, 6.45) is 0. The number of hydrogen-bond donors (Lipinski definition) is 2. The van der Waals surface area contributed by atoms with Gasteiger partial charge in [-0.05, 0) is 12.1 Å². The topological polar surface area (TPSA) is 112 Å². The summed E-state index contributed by atoms with van der Waals surface area (Å²) in [4.78, 5) is 24.3. The summed E-state index contributed by atoms with van der Waals surface area (Å²) in [5.41, 5.74) is 11.9. The highest BCUT2D eigenvalue weighted by Crippen LogP contribution is 2.38. The van der Waals surface area contributed by atoms with Gasteiger partial charge in [0.05, 0.1) is 0 Å². The van der Waals surface area contributed by atoms with E-state index < -0.39 is 11.3 Å². The summed E-state index contributed by atoms with van der Waals surface area (Å²) >= 11 is 0. The monoisotopic (exact) mass is 320 g/mol. The highest BCUT2D eigenvalue weighted by atomic mass is 16.4. The summed E-state index contributed by atoms with van der Waals surface area (Å²) in [7, 11) is 0. The van der Waals surface area contributed by atoms with Crippen LogP contribution in [0, 0.1) is 0 Å². The van der Waals surface area contributed by atoms with Crippen LogP contribution in [-0.2, 0) is 0 Å². The number of fused-ring (bicyclic) bond motifs is 2. The first-order valence-electron chi connectivity index (χ1n) is 7.21. The zero-order valence-electron chi connectivity index (χ0n) is 12.4. The van der Waals surface area contributed by atoms with Crippen LogP contribution in [0.3, 0.4) is 0 Å². The maximum Gasteiger partial charge on any atom is 0.360 e. The summed E-state index contributed by atoms with van der Waals surface area (Å²) in [5.74, 6) is 0. The van der Waals surface area contributed by atoms with Crippen LogP contribution in [0.15, 0.2) is 67.0 Å². The van der Waals surface area contributed by atoms with Crippen molar-refractivity contribution in [2.24, 2.45) is 0 Å². The lowest BCUT2D eigenvalue weighted by atomic mass is 9.96. The summed E-state index contributed by atoms with van der Waals surface area (Å²) in [6, 6.07) is 13.9. The van der Waals surface area contributed by atoms with Crippen molar-refractivity contribution in [1.29, 1.82) is 0 Å². The summed E-state index contributed by atoms with van der Waals surface area (Å²) < 4.78 is 10.4. The van der Waals surface area contributed by atoms with Crippen LogP contribution >= 0.6 is 0 Å². The van der Waals surface area contributed by atoms with Gasteiger partial charge in [-0.1, -0.05) is 36.4 Å². The predicted molar refractivity (Wildman–Crippen MR) is 92.8 cm³/mol. The van der Waals surface area contributed by atoms with Gasteiger partial charge in [-0.3, -0.25) is 0 Å². The molecule has 0 aliphatic rings. The van der Waals surface area contributed by atoms with E-state index in [-0.39, 0.29) is 11.4 Å². The van der Waals surface area contributed by atoms with Gasteiger partial charge in [-0.15, -0.1) is 0 Å². The first-order valence-corrected chi connectivity index (χ1v) is 7.21. The Morgan fingerprint density at radius 3 is 1.42 bits per heavy atom. The Morgan fingerprint density at radius 1 is 0.625 bits per heavy atom. The molecule has 0 aliphatic heterocycles. The standard InChI is InChI=1S/C18H12N2O4/c19-15-13(9-5-1-3-7-11(9)23-17(15)21)14-10-6-2-4-8-12(10)24-18(22)16(14)20/h1-8H,19-20H2. The molecule has 4 N–H and O–H groups in total. The van der Waals surface area contributed by atoms with E-state index in [1.54, 1.807) is 48.5 Å². The van der Waals surface area contributed by atoms with Crippen LogP contribution in [0.5, 0.6) is 0 Å². The van der Waals surface area contributed by atoms with Gasteiger partial charge < -0.3 is 20.3 Å². The van der Waals surface area contributed by atoms with Crippen LogP contribution in [0.1, 0.15) is 0 Å². The molecule has 4 rings (SSSR count). The molecule has 2 aromatic heterocycles. The Hall–Kier alpha value is -3.54. The van der Waals surface area contributed by atoms with Crippen molar-refractivity contribution in [2.75, 3.05) is 11.5 Å². The number of nitrogen functional groups attached to an aromatic ring is 2. The zero-order chi connectivity index (χ0) is 16.8. The lowest BCUT2D eigenvalue weighted by Crippen LogP contribution is -2.13. The van der Waals surface area contributed by atoms with Crippen molar-refractivity contribution in [3.05, 3.63) is 69.4 Å². The number of hydrogen-bond acceptors (Lipinski definition) is 6. The van der Waals surface area contributed by atoms with E-state index in [1.807, 2.05) is 0 Å². The molecule has 0 saturated carbocycles. The molecular formula is C18H12N2O4. The molecule has 6 nitrogen and oxygen atoms in total. The molecule has 4 aromatic rings. The first-order chi connectivity index (χ1) is 11.6. The first kappa shape index (κ1) is 14.1. The number of nitrogens with two attached hydrogens (primary N) is 2. The fourth-order valence-corrected chi connectivity index (χ4v) is 2.87. The normalized spacial score (nSPS) is 11.2. The van der Waals surface area contributed by atoms with Crippen molar-refractivity contribution in [1.82, 2.24) is 0 Å². The fraction of sp³-hybridized carbons (Fsp3) is 0. The van der Waals surface area contributed by atoms with Crippen molar-refractivity contribution < 1.29 is 8.83 Å². The molecule has 0 fully saturated rings. The van der Waals surface area contributed by atoms with Gasteiger partial charge >= 0.3 is 11.3 Å². The number of para-hydroxylation sites is 2. The lowest BCUT2D eigenvalue weighted by Gasteiger charge is -2.12. The van der Waals surface area contributed by atoms with E-state index in [0.29, 0.717) is 33.1 Å². The molecule has 0 unspecified atom stereocenters. The van der Waals surface area contributed by atoms with E-state index in [0.717, 1.165) is 0 Å². The second-order valence-corrected chi connectivity index (χ2v) is 5.35. The van der Waals surface area contributed by atoms with E-state index >= 15 is 0 Å². The van der Waals surface area contributed by atoms with Gasteiger partial charge in [-0.25, -0.2) is 9.59 Å². The minimum atomic E-state index is -0.680. The van der Waals surface area contributed by atoms with Crippen LogP contribution < -0.4 is 22.7 Å². The predicted octanol–water partition coefficient (Wildman–Crippen LogP) is 2.73. The molecule has 0 atom stereocenters. The Bertz CT molecular complexity index is 1120. The highest BCUT2D eigenvalue weighted by Gasteiger charge is 2.21. The van der Waals surface area contributed by atoms with Crippen LogP contribution in [-0.4, -0.2) is 0 Å². The molecule has 0 radical (unpaired) electrons. The van der Waals surface area contributed by atoms with Crippen LogP contribution in [0.4, 0.5) is 11.4 Å². The Kier molecular flexibility index (Phi) is 2.93. The molecule has 118 valence electrons. The minimum Gasteiger partial charge on any atom is -0.421 e. The second-order valence-electron chi connectivity index (χ2n) is 5.35. The van der Waals surface area contributed by atoms with Gasteiger partial charge in [0.25, 0.3) is 0 Å². The molecule has 0 spiro atoms. The second kappa shape index (κ2) is 4.99. The van der Waals surface area contributed by atoms with Gasteiger partial charge in [0.1, 0.15) is 22.5 Å². The van der Waals surface area contributed by atoms with Crippen molar-refractivity contribution in [3.8, 4) is 11.1 Å². The van der Waals surface area contributed by atoms with Crippen LogP contribution in [0.25, 0.3) is 33.1 Å². The third-order valence-electron chi connectivity index (χ3n) is 3.95.